The van der Waals surface area contributed by atoms with Gasteiger partial charge in [0, 0.05) is 6.92 Å². The fraction of sp³-hybridized carbons (Fsp3) is 0.400. The van der Waals surface area contributed by atoms with Gasteiger partial charge in [-0.3, -0.25) is 9.63 Å². The Hall–Kier alpha value is -0.830. The summed E-state index contributed by atoms with van der Waals surface area (Å²) >= 11 is 0. The number of rotatable bonds is 3. The lowest BCUT2D eigenvalue weighted by Crippen LogP contribution is -2.19. The number of hydroxylamine groups is 1. The minimum absolute atomic E-state index is 0.202. The van der Waals surface area contributed by atoms with Gasteiger partial charge in [-0.15, -0.1) is 6.58 Å². The third kappa shape index (κ3) is 5.17. The second-order valence-corrected chi connectivity index (χ2v) is 1.26. The van der Waals surface area contributed by atoms with Crippen molar-refractivity contribution in [1.29, 1.82) is 0 Å². The zero-order chi connectivity index (χ0) is 6.41. The molecule has 3 nitrogen and oxygen atoms in total. The Morgan fingerprint density at radius 3 is 3.00 bits per heavy atom. The van der Waals surface area contributed by atoms with E-state index in [0.29, 0.717) is 6.61 Å². The Balaban J connectivity index is 2.93. The average molecular weight is 115 g/mol. The Kier molecular flexibility index (Phi) is 3.88. The maximum Gasteiger partial charge on any atom is 0.240 e. The summed E-state index contributed by atoms with van der Waals surface area (Å²) in [6.45, 7) is 5.11. The van der Waals surface area contributed by atoms with Crippen LogP contribution in [-0.2, 0) is 9.63 Å². The van der Waals surface area contributed by atoms with Crippen molar-refractivity contribution in [1.82, 2.24) is 5.48 Å². The number of carbonyl (C=O) groups is 1. The van der Waals surface area contributed by atoms with Gasteiger partial charge in [0.05, 0.1) is 6.61 Å². The maximum atomic E-state index is 10.0. The fourth-order valence-electron chi connectivity index (χ4n) is 0.202. The summed E-state index contributed by atoms with van der Waals surface area (Å²) in [6.07, 6.45) is 1.55. The zero-order valence-electron chi connectivity index (χ0n) is 4.81. The fourth-order valence-corrected chi connectivity index (χ4v) is 0.202. The largest absolute Gasteiger partial charge is 0.273 e. The lowest BCUT2D eigenvalue weighted by atomic mass is 10.7. The van der Waals surface area contributed by atoms with E-state index in [0.717, 1.165) is 0 Å². The average Bonchev–Trinajstić information content (AvgIpc) is 1.66. The molecule has 0 saturated heterocycles. The van der Waals surface area contributed by atoms with Crippen molar-refractivity contribution < 1.29 is 9.63 Å². The summed E-state index contributed by atoms with van der Waals surface area (Å²) in [7, 11) is 0. The highest BCUT2D eigenvalue weighted by Crippen LogP contribution is 1.66. The molecule has 0 aromatic heterocycles. The molecule has 0 heterocycles. The van der Waals surface area contributed by atoms with E-state index in [4.69, 9.17) is 0 Å². The molecule has 0 aliphatic heterocycles. The van der Waals surface area contributed by atoms with Crippen LogP contribution in [0, 0.1) is 0 Å². The SMILES string of the molecule is C=CCONC(C)=O. The number of carbonyl (C=O) groups excluding carboxylic acids is 1. The van der Waals surface area contributed by atoms with Crippen molar-refractivity contribution in [3.8, 4) is 0 Å². The van der Waals surface area contributed by atoms with Crippen LogP contribution in [0.25, 0.3) is 0 Å². The predicted octanol–water partition coefficient (Wildman–Crippen LogP) is 0.240. The minimum atomic E-state index is -0.202. The topological polar surface area (TPSA) is 38.3 Å². The molecule has 1 N–H and O–H groups in total. The second-order valence-electron chi connectivity index (χ2n) is 1.26. The molecule has 46 valence electrons. The van der Waals surface area contributed by atoms with Crippen LogP contribution in [0.5, 0.6) is 0 Å². The highest BCUT2D eigenvalue weighted by atomic mass is 16.6. The van der Waals surface area contributed by atoms with E-state index in [9.17, 15) is 4.79 Å². The van der Waals surface area contributed by atoms with Crippen molar-refractivity contribution in [2.75, 3.05) is 6.61 Å². The van der Waals surface area contributed by atoms with Crippen molar-refractivity contribution >= 4 is 5.91 Å². The Bertz CT molecular complexity index is 90.4. The van der Waals surface area contributed by atoms with E-state index in [2.05, 4.69) is 16.9 Å². The van der Waals surface area contributed by atoms with Crippen LogP contribution >= 0.6 is 0 Å². The normalized spacial score (nSPS) is 8.12. The van der Waals surface area contributed by atoms with Crippen LogP contribution in [0.3, 0.4) is 0 Å². The molecular formula is C5H9NO2. The van der Waals surface area contributed by atoms with Gasteiger partial charge in [0.15, 0.2) is 0 Å². The highest BCUT2D eigenvalue weighted by Gasteiger charge is 1.84. The van der Waals surface area contributed by atoms with Gasteiger partial charge in [-0.2, -0.15) is 0 Å². The van der Waals surface area contributed by atoms with Gasteiger partial charge in [0.25, 0.3) is 0 Å². The first kappa shape index (κ1) is 7.17. The second kappa shape index (κ2) is 4.33. The molecule has 0 fully saturated rings. The maximum absolute atomic E-state index is 10.0. The highest BCUT2D eigenvalue weighted by molar-refractivity contribution is 5.71. The summed E-state index contributed by atoms with van der Waals surface area (Å²) in [4.78, 5) is 14.6. The minimum Gasteiger partial charge on any atom is -0.273 e. The van der Waals surface area contributed by atoms with E-state index in [1.54, 1.807) is 6.08 Å². The van der Waals surface area contributed by atoms with Crippen LogP contribution < -0.4 is 5.48 Å². The third-order valence-corrected chi connectivity index (χ3v) is 0.417. The summed E-state index contributed by atoms with van der Waals surface area (Å²) in [5, 5.41) is 0. The Morgan fingerprint density at radius 2 is 2.62 bits per heavy atom. The van der Waals surface area contributed by atoms with E-state index >= 15 is 0 Å². The van der Waals surface area contributed by atoms with Crippen molar-refractivity contribution in [3.63, 3.8) is 0 Å². The van der Waals surface area contributed by atoms with Gasteiger partial charge in [-0.1, -0.05) is 6.08 Å². The molecule has 0 aromatic rings. The standard InChI is InChI=1S/C5H9NO2/c1-3-4-8-6-5(2)7/h3H,1,4H2,2H3,(H,6,7). The summed E-state index contributed by atoms with van der Waals surface area (Å²) in [5.41, 5.74) is 2.14. The van der Waals surface area contributed by atoms with E-state index in [-0.39, 0.29) is 5.91 Å². The molecule has 0 rings (SSSR count). The summed E-state index contributed by atoms with van der Waals surface area (Å²) in [6, 6.07) is 0. The van der Waals surface area contributed by atoms with E-state index < -0.39 is 0 Å². The van der Waals surface area contributed by atoms with Gasteiger partial charge in [0.2, 0.25) is 5.91 Å². The van der Waals surface area contributed by atoms with E-state index in [1.165, 1.54) is 6.92 Å². The number of hydrogen-bond acceptors (Lipinski definition) is 2. The first-order valence-electron chi connectivity index (χ1n) is 2.26. The van der Waals surface area contributed by atoms with Crippen molar-refractivity contribution in [2.24, 2.45) is 0 Å². The van der Waals surface area contributed by atoms with Crippen LogP contribution in [0.1, 0.15) is 6.92 Å². The molecular weight excluding hydrogens is 106 g/mol. The molecule has 0 bridgehead atoms. The first-order chi connectivity index (χ1) is 3.77. The molecule has 0 aromatic carbocycles. The number of hydrogen-bond donors (Lipinski definition) is 1. The Morgan fingerprint density at radius 1 is 2.00 bits per heavy atom. The van der Waals surface area contributed by atoms with Crippen LogP contribution in [-0.4, -0.2) is 12.5 Å². The van der Waals surface area contributed by atoms with Gasteiger partial charge < -0.3 is 0 Å². The van der Waals surface area contributed by atoms with Crippen LogP contribution in [0.15, 0.2) is 12.7 Å². The van der Waals surface area contributed by atoms with Crippen LogP contribution in [0.2, 0.25) is 0 Å². The predicted molar refractivity (Wildman–Crippen MR) is 30.0 cm³/mol. The number of amides is 1. The lowest BCUT2D eigenvalue weighted by Gasteiger charge is -1.96. The van der Waals surface area contributed by atoms with E-state index in [1.807, 2.05) is 0 Å². The molecule has 0 aliphatic rings. The van der Waals surface area contributed by atoms with Gasteiger partial charge >= 0.3 is 0 Å². The summed E-state index contributed by atoms with van der Waals surface area (Å²) < 4.78 is 0. The monoisotopic (exact) mass is 115 g/mol. The quantitative estimate of drug-likeness (QED) is 0.325. The van der Waals surface area contributed by atoms with Gasteiger partial charge in [-0.25, -0.2) is 5.48 Å². The van der Waals surface area contributed by atoms with Crippen molar-refractivity contribution in [3.05, 3.63) is 12.7 Å². The van der Waals surface area contributed by atoms with Crippen LogP contribution in [0.4, 0.5) is 0 Å². The molecule has 1 amide bonds. The molecule has 0 radical (unpaired) electrons. The molecule has 8 heavy (non-hydrogen) atoms. The Labute approximate surface area is 48.3 Å². The van der Waals surface area contributed by atoms with Crippen molar-refractivity contribution in [2.45, 2.75) is 6.92 Å². The number of nitrogens with one attached hydrogen (secondary N) is 1. The molecule has 0 saturated carbocycles. The molecule has 0 atom stereocenters. The molecule has 0 aliphatic carbocycles. The third-order valence-electron chi connectivity index (χ3n) is 0.417. The molecule has 3 heteroatoms. The summed E-state index contributed by atoms with van der Waals surface area (Å²) in [5.74, 6) is -0.202. The lowest BCUT2D eigenvalue weighted by molar-refractivity contribution is -0.130. The van der Waals surface area contributed by atoms with Gasteiger partial charge in [-0.05, 0) is 0 Å². The van der Waals surface area contributed by atoms with Gasteiger partial charge in [0.1, 0.15) is 0 Å². The zero-order valence-corrected chi connectivity index (χ0v) is 4.81. The molecule has 0 spiro atoms. The molecule has 0 unspecified atom stereocenters. The first-order valence-corrected chi connectivity index (χ1v) is 2.26. The smallest absolute Gasteiger partial charge is 0.240 e.